The van der Waals surface area contributed by atoms with Gasteiger partial charge in [0.05, 0.1) is 11.2 Å². The number of nitrogens with one attached hydrogen (secondary N) is 1. The molecule has 1 amide bonds. The van der Waals surface area contributed by atoms with Crippen molar-refractivity contribution >= 4 is 28.9 Å². The highest BCUT2D eigenvalue weighted by molar-refractivity contribution is 6.30. The molecule has 0 saturated carbocycles. The SMILES string of the molecule is Cc1cc(N)ccc1NC(=O)CCn1cc(Cl)cnc1=O. The molecule has 110 valence electrons. The number of carbonyl (C=O) groups excluding carboxylic acids is 1. The lowest BCUT2D eigenvalue weighted by molar-refractivity contribution is -0.116. The van der Waals surface area contributed by atoms with Crippen LogP contribution in [0.3, 0.4) is 0 Å². The Morgan fingerprint density at radius 2 is 2.24 bits per heavy atom. The number of anilines is 2. The van der Waals surface area contributed by atoms with E-state index >= 15 is 0 Å². The van der Waals surface area contributed by atoms with E-state index in [9.17, 15) is 9.59 Å². The Bertz CT molecular complexity index is 727. The van der Waals surface area contributed by atoms with Gasteiger partial charge in [0.1, 0.15) is 0 Å². The van der Waals surface area contributed by atoms with Gasteiger partial charge in [0, 0.05) is 30.5 Å². The van der Waals surface area contributed by atoms with Crippen LogP contribution in [0, 0.1) is 6.92 Å². The summed E-state index contributed by atoms with van der Waals surface area (Å²) in [7, 11) is 0. The summed E-state index contributed by atoms with van der Waals surface area (Å²) in [4.78, 5) is 27.0. The van der Waals surface area contributed by atoms with Crippen molar-refractivity contribution in [2.75, 3.05) is 11.1 Å². The Morgan fingerprint density at radius 3 is 2.95 bits per heavy atom. The molecule has 21 heavy (non-hydrogen) atoms. The molecule has 2 rings (SSSR count). The lowest BCUT2D eigenvalue weighted by Gasteiger charge is -2.09. The Kier molecular flexibility index (Phi) is 4.59. The van der Waals surface area contributed by atoms with Gasteiger partial charge in [0.2, 0.25) is 5.91 Å². The minimum atomic E-state index is -0.434. The van der Waals surface area contributed by atoms with Gasteiger partial charge in [-0.25, -0.2) is 9.78 Å². The zero-order chi connectivity index (χ0) is 15.4. The third-order valence-electron chi connectivity index (χ3n) is 2.93. The summed E-state index contributed by atoms with van der Waals surface area (Å²) in [5.41, 5.74) is 7.44. The number of hydrogen-bond donors (Lipinski definition) is 2. The van der Waals surface area contributed by atoms with Gasteiger partial charge in [-0.3, -0.25) is 9.36 Å². The van der Waals surface area contributed by atoms with Crippen LogP contribution >= 0.6 is 11.6 Å². The molecular formula is C14H15ClN4O2. The summed E-state index contributed by atoms with van der Waals surface area (Å²) in [5, 5.41) is 3.13. The number of aryl methyl sites for hydroxylation is 2. The second-order valence-electron chi connectivity index (χ2n) is 4.62. The minimum Gasteiger partial charge on any atom is -0.399 e. The molecule has 7 heteroatoms. The number of benzene rings is 1. The van der Waals surface area contributed by atoms with E-state index in [1.807, 2.05) is 6.92 Å². The fourth-order valence-corrected chi connectivity index (χ4v) is 2.02. The van der Waals surface area contributed by atoms with E-state index in [1.165, 1.54) is 17.0 Å². The molecule has 0 bridgehead atoms. The number of amides is 1. The molecule has 2 aromatic rings. The Morgan fingerprint density at radius 1 is 1.48 bits per heavy atom. The van der Waals surface area contributed by atoms with Crippen LogP contribution in [0.2, 0.25) is 5.02 Å². The highest BCUT2D eigenvalue weighted by Gasteiger charge is 2.06. The summed E-state index contributed by atoms with van der Waals surface area (Å²) < 4.78 is 1.30. The maximum Gasteiger partial charge on any atom is 0.347 e. The molecule has 0 radical (unpaired) electrons. The maximum absolute atomic E-state index is 11.9. The van der Waals surface area contributed by atoms with E-state index in [1.54, 1.807) is 18.2 Å². The van der Waals surface area contributed by atoms with E-state index < -0.39 is 5.69 Å². The first kappa shape index (κ1) is 15.1. The topological polar surface area (TPSA) is 90.0 Å². The van der Waals surface area contributed by atoms with Gasteiger partial charge < -0.3 is 11.1 Å². The number of carbonyl (C=O) groups is 1. The Balaban J connectivity index is 1.99. The lowest BCUT2D eigenvalue weighted by atomic mass is 10.2. The predicted octanol–water partition coefficient (Wildman–Crippen LogP) is 1.82. The van der Waals surface area contributed by atoms with Crippen LogP contribution in [-0.4, -0.2) is 15.5 Å². The number of hydrogen-bond acceptors (Lipinski definition) is 4. The van der Waals surface area contributed by atoms with Crippen LogP contribution in [0.15, 0.2) is 35.4 Å². The molecule has 1 heterocycles. The molecule has 0 aliphatic carbocycles. The Hall–Kier alpha value is -2.34. The summed E-state index contributed by atoms with van der Waals surface area (Å²) in [5.74, 6) is -0.199. The van der Waals surface area contributed by atoms with Crippen molar-refractivity contribution < 1.29 is 4.79 Å². The molecule has 0 unspecified atom stereocenters. The van der Waals surface area contributed by atoms with Crippen LogP contribution in [0.25, 0.3) is 0 Å². The highest BCUT2D eigenvalue weighted by Crippen LogP contribution is 2.17. The molecule has 0 spiro atoms. The van der Waals surface area contributed by atoms with E-state index in [2.05, 4.69) is 10.3 Å². The van der Waals surface area contributed by atoms with Gasteiger partial charge in [-0.05, 0) is 30.7 Å². The summed E-state index contributed by atoms with van der Waals surface area (Å²) in [6, 6.07) is 5.24. The average Bonchev–Trinajstić information content (AvgIpc) is 2.43. The van der Waals surface area contributed by atoms with E-state index in [0.717, 1.165) is 5.56 Å². The smallest absolute Gasteiger partial charge is 0.347 e. The zero-order valence-electron chi connectivity index (χ0n) is 11.5. The van der Waals surface area contributed by atoms with Crippen molar-refractivity contribution in [2.45, 2.75) is 19.9 Å². The second-order valence-corrected chi connectivity index (χ2v) is 5.06. The van der Waals surface area contributed by atoms with E-state index in [0.29, 0.717) is 16.4 Å². The molecule has 0 aliphatic rings. The fourth-order valence-electron chi connectivity index (χ4n) is 1.85. The van der Waals surface area contributed by atoms with Gasteiger partial charge in [-0.1, -0.05) is 11.6 Å². The van der Waals surface area contributed by atoms with Crippen LogP contribution in [0.4, 0.5) is 11.4 Å². The lowest BCUT2D eigenvalue weighted by Crippen LogP contribution is -2.24. The number of nitrogens with two attached hydrogens (primary N) is 1. The molecule has 1 aromatic carbocycles. The largest absolute Gasteiger partial charge is 0.399 e. The summed E-state index contributed by atoms with van der Waals surface area (Å²) >= 11 is 5.76. The van der Waals surface area contributed by atoms with Crippen molar-refractivity contribution in [3.63, 3.8) is 0 Å². The fraction of sp³-hybridized carbons (Fsp3) is 0.214. The third-order valence-corrected chi connectivity index (χ3v) is 3.12. The van der Waals surface area contributed by atoms with Gasteiger partial charge in [-0.2, -0.15) is 0 Å². The first-order valence-electron chi connectivity index (χ1n) is 6.33. The monoisotopic (exact) mass is 306 g/mol. The van der Waals surface area contributed by atoms with Crippen LogP contribution in [0.5, 0.6) is 0 Å². The van der Waals surface area contributed by atoms with Crippen molar-refractivity contribution in [3.8, 4) is 0 Å². The van der Waals surface area contributed by atoms with Crippen molar-refractivity contribution in [1.82, 2.24) is 9.55 Å². The molecule has 0 saturated heterocycles. The minimum absolute atomic E-state index is 0.145. The average molecular weight is 307 g/mol. The van der Waals surface area contributed by atoms with Crippen molar-refractivity contribution in [2.24, 2.45) is 0 Å². The Labute approximate surface area is 126 Å². The molecule has 0 atom stereocenters. The predicted molar refractivity (Wildman–Crippen MR) is 82.3 cm³/mol. The normalized spacial score (nSPS) is 10.4. The van der Waals surface area contributed by atoms with Crippen LogP contribution in [-0.2, 0) is 11.3 Å². The first-order valence-corrected chi connectivity index (χ1v) is 6.71. The van der Waals surface area contributed by atoms with Gasteiger partial charge in [0.25, 0.3) is 0 Å². The molecular weight excluding hydrogens is 292 g/mol. The number of halogens is 1. The van der Waals surface area contributed by atoms with Crippen molar-refractivity contribution in [1.29, 1.82) is 0 Å². The summed E-state index contributed by atoms with van der Waals surface area (Å²) in [6.45, 7) is 2.07. The van der Waals surface area contributed by atoms with Crippen molar-refractivity contribution in [3.05, 3.63) is 51.7 Å². The standard InChI is InChI=1S/C14H15ClN4O2/c1-9-6-11(16)2-3-12(9)18-13(20)4-5-19-8-10(15)7-17-14(19)21/h2-3,6-8H,4-5,16H2,1H3,(H,18,20). The number of rotatable bonds is 4. The van der Waals surface area contributed by atoms with Gasteiger partial charge >= 0.3 is 5.69 Å². The molecule has 1 aromatic heterocycles. The van der Waals surface area contributed by atoms with Gasteiger partial charge in [0.15, 0.2) is 0 Å². The van der Waals surface area contributed by atoms with E-state index in [-0.39, 0.29) is 18.9 Å². The van der Waals surface area contributed by atoms with Crippen LogP contribution < -0.4 is 16.7 Å². The molecule has 6 nitrogen and oxygen atoms in total. The second kappa shape index (κ2) is 6.41. The quantitative estimate of drug-likeness (QED) is 0.843. The van der Waals surface area contributed by atoms with E-state index in [4.69, 9.17) is 17.3 Å². The zero-order valence-corrected chi connectivity index (χ0v) is 12.2. The highest BCUT2D eigenvalue weighted by atomic mass is 35.5. The molecule has 0 fully saturated rings. The summed E-state index contributed by atoms with van der Waals surface area (Å²) in [6.07, 6.45) is 2.88. The number of nitrogens with zero attached hydrogens (tertiary/aromatic N) is 2. The van der Waals surface area contributed by atoms with Gasteiger partial charge in [-0.15, -0.1) is 0 Å². The number of nitrogen functional groups attached to an aromatic ring is 1. The van der Waals surface area contributed by atoms with Crippen LogP contribution in [0.1, 0.15) is 12.0 Å². The molecule has 0 aliphatic heterocycles. The number of aromatic nitrogens is 2. The third kappa shape index (κ3) is 4.06. The maximum atomic E-state index is 11.9. The first-order chi connectivity index (χ1) is 9.95. The molecule has 3 N–H and O–H groups in total.